The van der Waals surface area contributed by atoms with Gasteiger partial charge in [0.15, 0.2) is 5.82 Å². The summed E-state index contributed by atoms with van der Waals surface area (Å²) in [5.41, 5.74) is 2.54. The van der Waals surface area contributed by atoms with Crippen molar-refractivity contribution in [3.63, 3.8) is 0 Å². The summed E-state index contributed by atoms with van der Waals surface area (Å²) in [6.07, 6.45) is 0.693. The molecule has 0 spiro atoms. The van der Waals surface area contributed by atoms with Crippen LogP contribution in [0.1, 0.15) is 21.9 Å². The Morgan fingerprint density at radius 2 is 1.86 bits per heavy atom. The molecule has 2 aromatic heterocycles. The standard InChI is InChI=1S/C22H20N4O2/c1-15-13-18-14-17(7-8-19(18)28-15)22(27)25-10-9-20-23-24-21(26(20)12-11-25)16-5-3-2-4-6-16/h2-8,13-14H,9-12H2,1H3. The summed E-state index contributed by atoms with van der Waals surface area (Å²) in [5, 5.41) is 9.70. The van der Waals surface area contributed by atoms with Crippen LogP contribution in [-0.4, -0.2) is 38.7 Å². The van der Waals surface area contributed by atoms with Crippen LogP contribution in [0.3, 0.4) is 0 Å². The third-order valence-electron chi connectivity index (χ3n) is 5.23. The molecule has 0 unspecified atom stereocenters. The van der Waals surface area contributed by atoms with Crippen molar-refractivity contribution >= 4 is 16.9 Å². The molecule has 6 heteroatoms. The number of aromatic nitrogens is 3. The maximum atomic E-state index is 13.1. The van der Waals surface area contributed by atoms with Gasteiger partial charge in [-0.15, -0.1) is 10.2 Å². The van der Waals surface area contributed by atoms with E-state index in [0.717, 1.165) is 33.9 Å². The van der Waals surface area contributed by atoms with Gasteiger partial charge in [0.2, 0.25) is 0 Å². The fourth-order valence-corrected chi connectivity index (χ4v) is 3.82. The van der Waals surface area contributed by atoms with E-state index in [1.165, 1.54) is 0 Å². The van der Waals surface area contributed by atoms with Crippen molar-refractivity contribution in [1.29, 1.82) is 0 Å². The van der Waals surface area contributed by atoms with Gasteiger partial charge in [-0.25, -0.2) is 0 Å². The van der Waals surface area contributed by atoms with Gasteiger partial charge in [0.25, 0.3) is 5.91 Å². The first-order valence-corrected chi connectivity index (χ1v) is 9.46. The lowest BCUT2D eigenvalue weighted by Crippen LogP contribution is -2.33. The van der Waals surface area contributed by atoms with Crippen LogP contribution in [0.25, 0.3) is 22.4 Å². The van der Waals surface area contributed by atoms with Crippen molar-refractivity contribution in [2.75, 3.05) is 13.1 Å². The first-order chi connectivity index (χ1) is 13.7. The predicted molar refractivity (Wildman–Crippen MR) is 106 cm³/mol. The number of nitrogens with zero attached hydrogens (tertiary/aromatic N) is 4. The van der Waals surface area contributed by atoms with Crippen LogP contribution in [0, 0.1) is 6.92 Å². The van der Waals surface area contributed by atoms with Crippen LogP contribution < -0.4 is 0 Å². The van der Waals surface area contributed by atoms with E-state index in [0.29, 0.717) is 31.6 Å². The Kier molecular flexibility index (Phi) is 3.97. The third-order valence-corrected chi connectivity index (χ3v) is 5.23. The number of benzene rings is 2. The molecule has 140 valence electrons. The molecule has 0 N–H and O–H groups in total. The highest BCUT2D eigenvalue weighted by Gasteiger charge is 2.23. The van der Waals surface area contributed by atoms with Gasteiger partial charge >= 0.3 is 0 Å². The van der Waals surface area contributed by atoms with Gasteiger partial charge in [-0.05, 0) is 31.2 Å². The van der Waals surface area contributed by atoms with E-state index in [1.54, 1.807) is 0 Å². The average molecular weight is 372 g/mol. The van der Waals surface area contributed by atoms with Crippen molar-refractivity contribution in [3.05, 3.63) is 71.7 Å². The Labute approximate surface area is 162 Å². The van der Waals surface area contributed by atoms with Gasteiger partial charge in [0.05, 0.1) is 0 Å². The van der Waals surface area contributed by atoms with Crippen molar-refractivity contribution in [2.24, 2.45) is 0 Å². The van der Waals surface area contributed by atoms with Gasteiger partial charge in [-0.1, -0.05) is 30.3 Å². The summed E-state index contributed by atoms with van der Waals surface area (Å²) in [6.45, 7) is 3.86. The smallest absolute Gasteiger partial charge is 0.253 e. The number of furan rings is 1. The summed E-state index contributed by atoms with van der Waals surface area (Å²) >= 11 is 0. The van der Waals surface area contributed by atoms with Crippen LogP contribution in [0.15, 0.2) is 59.0 Å². The Morgan fingerprint density at radius 3 is 2.71 bits per heavy atom. The van der Waals surface area contributed by atoms with Crippen molar-refractivity contribution < 1.29 is 9.21 Å². The van der Waals surface area contributed by atoms with Gasteiger partial charge in [-0.3, -0.25) is 4.79 Å². The fraction of sp³-hybridized carbons (Fsp3) is 0.227. The molecule has 6 nitrogen and oxygen atoms in total. The Bertz CT molecular complexity index is 1160. The molecule has 1 aliphatic heterocycles. The molecule has 5 rings (SSSR count). The molecule has 0 aliphatic carbocycles. The lowest BCUT2D eigenvalue weighted by atomic mass is 10.1. The number of amides is 1. The summed E-state index contributed by atoms with van der Waals surface area (Å²) in [4.78, 5) is 15.0. The number of aryl methyl sites for hydroxylation is 1. The number of fused-ring (bicyclic) bond motifs is 2. The number of hydrogen-bond acceptors (Lipinski definition) is 4. The highest BCUT2D eigenvalue weighted by molar-refractivity contribution is 5.97. The SMILES string of the molecule is Cc1cc2cc(C(=O)N3CCc4nnc(-c5ccccc5)n4CC3)ccc2o1. The van der Waals surface area contributed by atoms with Crippen LogP contribution in [0.4, 0.5) is 0 Å². The number of carbonyl (C=O) groups is 1. The lowest BCUT2D eigenvalue weighted by molar-refractivity contribution is 0.0759. The number of rotatable bonds is 2. The van der Waals surface area contributed by atoms with Gasteiger partial charge < -0.3 is 13.9 Å². The minimum Gasteiger partial charge on any atom is -0.461 e. The molecule has 4 aromatic rings. The molecule has 2 aromatic carbocycles. The first kappa shape index (κ1) is 16.7. The molecule has 0 bridgehead atoms. The second-order valence-electron chi connectivity index (χ2n) is 7.11. The fourth-order valence-electron chi connectivity index (χ4n) is 3.82. The Morgan fingerprint density at radius 1 is 1.00 bits per heavy atom. The molecule has 0 saturated carbocycles. The first-order valence-electron chi connectivity index (χ1n) is 9.46. The topological polar surface area (TPSA) is 64.2 Å². The summed E-state index contributed by atoms with van der Waals surface area (Å²) < 4.78 is 7.74. The number of hydrogen-bond donors (Lipinski definition) is 0. The van der Waals surface area contributed by atoms with Crippen molar-refractivity contribution in [3.8, 4) is 11.4 Å². The van der Waals surface area contributed by atoms with E-state index in [-0.39, 0.29) is 5.91 Å². The molecule has 0 atom stereocenters. The minimum absolute atomic E-state index is 0.0423. The predicted octanol–water partition coefficient (Wildman–Crippen LogP) is 3.70. The zero-order valence-corrected chi connectivity index (χ0v) is 15.6. The number of carbonyl (C=O) groups excluding carboxylic acids is 1. The Hall–Kier alpha value is -3.41. The van der Waals surface area contributed by atoms with Crippen molar-refractivity contribution in [2.45, 2.75) is 19.9 Å². The van der Waals surface area contributed by atoms with Crippen LogP contribution >= 0.6 is 0 Å². The highest BCUT2D eigenvalue weighted by Crippen LogP contribution is 2.23. The second kappa shape index (κ2) is 6.64. The van der Waals surface area contributed by atoms with E-state index in [4.69, 9.17) is 4.42 Å². The molecule has 0 fully saturated rings. The van der Waals surface area contributed by atoms with Gasteiger partial charge in [-0.2, -0.15) is 0 Å². The van der Waals surface area contributed by atoms with Gasteiger partial charge in [0, 0.05) is 42.6 Å². The molecular formula is C22H20N4O2. The van der Waals surface area contributed by atoms with E-state index in [2.05, 4.69) is 14.8 Å². The normalized spacial score (nSPS) is 14.1. The van der Waals surface area contributed by atoms with Crippen LogP contribution in [0.2, 0.25) is 0 Å². The summed E-state index contributed by atoms with van der Waals surface area (Å²) in [6, 6.07) is 17.6. The molecule has 1 amide bonds. The minimum atomic E-state index is 0.0423. The molecule has 3 heterocycles. The van der Waals surface area contributed by atoms with Crippen LogP contribution in [0.5, 0.6) is 0 Å². The largest absolute Gasteiger partial charge is 0.461 e. The summed E-state index contributed by atoms with van der Waals surface area (Å²) in [7, 11) is 0. The van der Waals surface area contributed by atoms with Gasteiger partial charge in [0.1, 0.15) is 17.2 Å². The molecular weight excluding hydrogens is 352 g/mol. The maximum Gasteiger partial charge on any atom is 0.253 e. The monoisotopic (exact) mass is 372 g/mol. The Balaban J connectivity index is 1.39. The van der Waals surface area contributed by atoms with Crippen molar-refractivity contribution in [1.82, 2.24) is 19.7 Å². The third kappa shape index (κ3) is 2.87. The molecule has 0 saturated heterocycles. The van der Waals surface area contributed by atoms with E-state index in [1.807, 2.05) is 66.4 Å². The summed E-state index contributed by atoms with van der Waals surface area (Å²) in [5.74, 6) is 2.68. The van der Waals surface area contributed by atoms with E-state index in [9.17, 15) is 4.79 Å². The second-order valence-corrected chi connectivity index (χ2v) is 7.11. The van der Waals surface area contributed by atoms with E-state index >= 15 is 0 Å². The molecule has 28 heavy (non-hydrogen) atoms. The average Bonchev–Trinajstić information content (AvgIpc) is 3.23. The zero-order valence-electron chi connectivity index (χ0n) is 15.6. The quantitative estimate of drug-likeness (QED) is 0.538. The lowest BCUT2D eigenvalue weighted by Gasteiger charge is -2.20. The maximum absolute atomic E-state index is 13.1. The van der Waals surface area contributed by atoms with E-state index < -0.39 is 0 Å². The van der Waals surface area contributed by atoms with Crippen LogP contribution in [-0.2, 0) is 13.0 Å². The zero-order chi connectivity index (χ0) is 19.1. The highest BCUT2D eigenvalue weighted by atomic mass is 16.3. The molecule has 1 aliphatic rings. The molecule has 0 radical (unpaired) electrons.